The Morgan fingerprint density at radius 1 is 1.42 bits per heavy atom. The second kappa shape index (κ2) is 6.96. The molecule has 0 aromatic carbocycles. The second-order valence-corrected chi connectivity index (χ2v) is 5.89. The van der Waals surface area contributed by atoms with Crippen molar-refractivity contribution in [3.8, 4) is 0 Å². The molecule has 1 aliphatic heterocycles. The molecule has 0 bridgehead atoms. The van der Waals surface area contributed by atoms with Crippen molar-refractivity contribution in [2.75, 3.05) is 38.1 Å². The molecular formula is C16H22N6O2. The van der Waals surface area contributed by atoms with E-state index in [-0.39, 0.29) is 11.9 Å². The standard InChI is InChI=1S/C16H22N6O2/c1-4-17-15(23)12-5-6-14(18-9-12)22-8-7-21(3)13(10-22)16-19-11(2)20-24-16/h5-6,9,13H,4,7-8,10H2,1-3H3,(H,17,23)/t13-/m0/s1. The van der Waals surface area contributed by atoms with Crippen LogP contribution in [0.1, 0.15) is 35.0 Å². The molecule has 1 N–H and O–H groups in total. The minimum absolute atomic E-state index is 0.0322. The van der Waals surface area contributed by atoms with Crippen molar-refractivity contribution in [2.24, 2.45) is 0 Å². The molecule has 128 valence electrons. The maximum Gasteiger partial charge on any atom is 0.252 e. The summed E-state index contributed by atoms with van der Waals surface area (Å²) in [5.74, 6) is 2.00. The fraction of sp³-hybridized carbons (Fsp3) is 0.500. The molecule has 3 rings (SSSR count). The van der Waals surface area contributed by atoms with Gasteiger partial charge in [0.05, 0.1) is 5.56 Å². The van der Waals surface area contributed by atoms with Gasteiger partial charge in [0.15, 0.2) is 5.82 Å². The minimum Gasteiger partial charge on any atom is -0.353 e. The molecule has 0 radical (unpaired) electrons. The van der Waals surface area contributed by atoms with Crippen LogP contribution in [0, 0.1) is 6.92 Å². The summed E-state index contributed by atoms with van der Waals surface area (Å²) in [5, 5.41) is 6.65. The Balaban J connectivity index is 1.74. The van der Waals surface area contributed by atoms with Gasteiger partial charge < -0.3 is 14.7 Å². The van der Waals surface area contributed by atoms with Crippen LogP contribution in [0.3, 0.4) is 0 Å². The molecule has 8 heteroatoms. The number of aryl methyl sites for hydroxylation is 1. The van der Waals surface area contributed by atoms with Gasteiger partial charge in [-0.3, -0.25) is 9.69 Å². The SMILES string of the molecule is CCNC(=O)c1ccc(N2CCN(C)[C@H](c3nc(C)no3)C2)nc1. The summed E-state index contributed by atoms with van der Waals surface area (Å²) in [6.45, 7) is 6.74. The maximum atomic E-state index is 11.8. The van der Waals surface area contributed by atoms with Crippen molar-refractivity contribution in [2.45, 2.75) is 19.9 Å². The lowest BCUT2D eigenvalue weighted by molar-refractivity contribution is 0.0955. The third-order valence-corrected chi connectivity index (χ3v) is 4.15. The molecule has 2 aromatic rings. The van der Waals surface area contributed by atoms with E-state index in [1.807, 2.05) is 27.0 Å². The number of hydrogen-bond acceptors (Lipinski definition) is 7. The van der Waals surface area contributed by atoms with Gasteiger partial charge in [-0.15, -0.1) is 0 Å². The van der Waals surface area contributed by atoms with Crippen LogP contribution in [0.5, 0.6) is 0 Å². The third kappa shape index (κ3) is 3.38. The van der Waals surface area contributed by atoms with Crippen LogP contribution in [-0.4, -0.2) is 59.2 Å². The van der Waals surface area contributed by atoms with Gasteiger partial charge in [-0.2, -0.15) is 4.98 Å². The van der Waals surface area contributed by atoms with Gasteiger partial charge in [0.1, 0.15) is 11.9 Å². The number of aromatic nitrogens is 3. The topological polar surface area (TPSA) is 87.4 Å². The summed E-state index contributed by atoms with van der Waals surface area (Å²) in [5.41, 5.74) is 0.568. The van der Waals surface area contributed by atoms with Crippen molar-refractivity contribution >= 4 is 11.7 Å². The molecule has 1 amide bonds. The average molecular weight is 330 g/mol. The summed E-state index contributed by atoms with van der Waals surface area (Å²) in [6, 6.07) is 3.72. The van der Waals surface area contributed by atoms with Crippen molar-refractivity contribution in [3.05, 3.63) is 35.6 Å². The second-order valence-electron chi connectivity index (χ2n) is 5.89. The number of carbonyl (C=O) groups is 1. The summed E-state index contributed by atoms with van der Waals surface area (Å²) in [7, 11) is 2.05. The number of nitrogens with zero attached hydrogens (tertiary/aromatic N) is 5. The molecule has 1 aliphatic rings. The first-order chi connectivity index (χ1) is 11.6. The number of nitrogens with one attached hydrogen (secondary N) is 1. The lowest BCUT2D eigenvalue weighted by atomic mass is 10.1. The molecule has 8 nitrogen and oxygen atoms in total. The number of hydrogen-bond donors (Lipinski definition) is 1. The number of likely N-dealkylation sites (N-methyl/N-ethyl adjacent to an activating group) is 1. The van der Waals surface area contributed by atoms with Gasteiger partial charge in [-0.1, -0.05) is 5.16 Å². The number of carbonyl (C=O) groups excluding carboxylic acids is 1. The third-order valence-electron chi connectivity index (χ3n) is 4.15. The highest BCUT2D eigenvalue weighted by Gasteiger charge is 2.30. The Morgan fingerprint density at radius 2 is 2.25 bits per heavy atom. The first kappa shape index (κ1) is 16.4. The summed E-state index contributed by atoms with van der Waals surface area (Å²) >= 11 is 0. The van der Waals surface area contributed by atoms with Crippen molar-refractivity contribution in [3.63, 3.8) is 0 Å². The maximum absolute atomic E-state index is 11.8. The normalized spacial score (nSPS) is 18.6. The highest BCUT2D eigenvalue weighted by molar-refractivity contribution is 5.93. The molecule has 24 heavy (non-hydrogen) atoms. The van der Waals surface area contributed by atoms with E-state index in [0.717, 1.165) is 18.9 Å². The lowest BCUT2D eigenvalue weighted by Gasteiger charge is -2.38. The Kier molecular flexibility index (Phi) is 4.75. The summed E-state index contributed by atoms with van der Waals surface area (Å²) in [6.07, 6.45) is 1.62. The van der Waals surface area contributed by atoms with Crippen LogP contribution in [-0.2, 0) is 0 Å². The molecule has 1 saturated heterocycles. The zero-order chi connectivity index (χ0) is 17.1. The molecule has 0 spiro atoms. The van der Waals surface area contributed by atoms with Gasteiger partial charge in [0, 0.05) is 32.4 Å². The summed E-state index contributed by atoms with van der Waals surface area (Å²) < 4.78 is 5.33. The Bertz CT molecular complexity index is 699. The quantitative estimate of drug-likeness (QED) is 0.895. The molecular weight excluding hydrogens is 308 g/mol. The van der Waals surface area contributed by atoms with Crippen LogP contribution in [0.2, 0.25) is 0 Å². The molecule has 0 aliphatic carbocycles. The first-order valence-electron chi connectivity index (χ1n) is 8.08. The zero-order valence-corrected chi connectivity index (χ0v) is 14.2. The Hall–Kier alpha value is -2.48. The molecule has 2 aromatic heterocycles. The number of piperazine rings is 1. The van der Waals surface area contributed by atoms with Crippen LogP contribution in [0.25, 0.3) is 0 Å². The predicted molar refractivity (Wildman–Crippen MR) is 88.9 cm³/mol. The van der Waals surface area contributed by atoms with Gasteiger partial charge >= 0.3 is 0 Å². The number of anilines is 1. The van der Waals surface area contributed by atoms with Gasteiger partial charge in [-0.25, -0.2) is 4.98 Å². The minimum atomic E-state index is -0.103. The molecule has 1 atom stereocenters. The predicted octanol–water partition coefficient (Wildman–Crippen LogP) is 1.02. The van der Waals surface area contributed by atoms with Crippen molar-refractivity contribution in [1.82, 2.24) is 25.3 Å². The average Bonchev–Trinajstić information content (AvgIpc) is 3.02. The number of pyridine rings is 1. The monoisotopic (exact) mass is 330 g/mol. The van der Waals surface area contributed by atoms with E-state index in [2.05, 4.69) is 30.2 Å². The van der Waals surface area contributed by atoms with E-state index in [0.29, 0.717) is 30.4 Å². The van der Waals surface area contributed by atoms with Gasteiger partial charge in [0.25, 0.3) is 5.91 Å². The van der Waals surface area contributed by atoms with Gasteiger partial charge in [0.2, 0.25) is 5.89 Å². The zero-order valence-electron chi connectivity index (χ0n) is 14.2. The molecule has 0 unspecified atom stereocenters. The van der Waals surface area contributed by atoms with E-state index in [4.69, 9.17) is 4.52 Å². The van der Waals surface area contributed by atoms with Crippen molar-refractivity contribution in [1.29, 1.82) is 0 Å². The van der Waals surface area contributed by atoms with E-state index in [9.17, 15) is 4.79 Å². The highest BCUT2D eigenvalue weighted by atomic mass is 16.5. The molecule has 1 fully saturated rings. The number of amides is 1. The largest absolute Gasteiger partial charge is 0.353 e. The van der Waals surface area contributed by atoms with E-state index < -0.39 is 0 Å². The lowest BCUT2D eigenvalue weighted by Crippen LogP contribution is -2.47. The van der Waals surface area contributed by atoms with Gasteiger partial charge in [-0.05, 0) is 33.0 Å². The fourth-order valence-electron chi connectivity index (χ4n) is 2.77. The molecule has 0 saturated carbocycles. The van der Waals surface area contributed by atoms with E-state index in [1.54, 1.807) is 12.3 Å². The Labute approximate surface area is 140 Å². The first-order valence-corrected chi connectivity index (χ1v) is 8.08. The van der Waals surface area contributed by atoms with Crippen LogP contribution < -0.4 is 10.2 Å². The van der Waals surface area contributed by atoms with Crippen LogP contribution in [0.4, 0.5) is 5.82 Å². The number of rotatable bonds is 4. The van der Waals surface area contributed by atoms with E-state index in [1.165, 1.54) is 0 Å². The highest BCUT2D eigenvalue weighted by Crippen LogP contribution is 2.25. The van der Waals surface area contributed by atoms with Crippen molar-refractivity contribution < 1.29 is 9.32 Å². The smallest absolute Gasteiger partial charge is 0.252 e. The van der Waals surface area contributed by atoms with Crippen LogP contribution in [0.15, 0.2) is 22.9 Å². The van der Waals surface area contributed by atoms with E-state index >= 15 is 0 Å². The van der Waals surface area contributed by atoms with Crippen LogP contribution >= 0.6 is 0 Å². The Morgan fingerprint density at radius 3 is 2.88 bits per heavy atom. The fourth-order valence-corrected chi connectivity index (χ4v) is 2.77. The summed E-state index contributed by atoms with van der Waals surface area (Å²) in [4.78, 5) is 25.0. The molecule has 3 heterocycles.